The van der Waals surface area contributed by atoms with Crippen LogP contribution in [0.25, 0.3) is 0 Å². The number of benzene rings is 1. The Labute approximate surface area is 112 Å². The maximum atomic E-state index is 11.9. The van der Waals surface area contributed by atoms with Crippen LogP contribution in [0, 0.1) is 0 Å². The number of para-hydroxylation sites is 1. The van der Waals surface area contributed by atoms with Crippen molar-refractivity contribution in [2.45, 2.75) is 25.3 Å². The average Bonchev–Trinajstić information content (AvgIpc) is 2.92. The summed E-state index contributed by atoms with van der Waals surface area (Å²) in [5.41, 5.74) is 3.19. The molecule has 0 bridgehead atoms. The molecule has 19 heavy (non-hydrogen) atoms. The first-order valence-corrected chi connectivity index (χ1v) is 6.84. The lowest BCUT2D eigenvalue weighted by Crippen LogP contribution is -2.38. The third kappa shape index (κ3) is 2.81. The van der Waals surface area contributed by atoms with E-state index >= 15 is 0 Å². The second-order valence-electron chi connectivity index (χ2n) is 5.03. The minimum Gasteiger partial charge on any atom is -0.383 e. The summed E-state index contributed by atoms with van der Waals surface area (Å²) in [6.45, 7) is 2.30. The van der Waals surface area contributed by atoms with Gasteiger partial charge in [0.05, 0.1) is 24.0 Å². The molecule has 5 heteroatoms. The summed E-state index contributed by atoms with van der Waals surface area (Å²) >= 11 is 0. The Hall–Kier alpha value is -1.75. The van der Waals surface area contributed by atoms with Crippen molar-refractivity contribution in [2.75, 3.05) is 30.4 Å². The molecule has 2 aliphatic rings. The van der Waals surface area contributed by atoms with Crippen LogP contribution in [0.5, 0.6) is 0 Å². The summed E-state index contributed by atoms with van der Waals surface area (Å²) in [7, 11) is 0. The van der Waals surface area contributed by atoms with Gasteiger partial charge in [0.1, 0.15) is 0 Å². The predicted octanol–water partition coefficient (Wildman–Crippen LogP) is 1.96. The van der Waals surface area contributed by atoms with Crippen molar-refractivity contribution < 1.29 is 9.53 Å². The lowest BCUT2D eigenvalue weighted by atomic mass is 10.0. The quantitative estimate of drug-likeness (QED) is 0.762. The number of hydrogen-bond donors (Lipinski definition) is 3. The number of nitrogens with one attached hydrogen (secondary N) is 3. The number of urea groups is 1. The Kier molecular flexibility index (Phi) is 3.55. The molecule has 1 atom stereocenters. The molecule has 0 radical (unpaired) electrons. The van der Waals surface area contributed by atoms with E-state index in [0.29, 0.717) is 6.61 Å². The molecule has 2 heterocycles. The largest absolute Gasteiger partial charge is 0.383 e. The number of aryl methyl sites for hydroxylation is 1. The Bertz CT molecular complexity index is 470. The zero-order chi connectivity index (χ0) is 13.1. The van der Waals surface area contributed by atoms with Gasteiger partial charge < -0.3 is 20.7 Å². The summed E-state index contributed by atoms with van der Waals surface area (Å²) in [6, 6.07) is 6.00. The molecule has 0 aromatic heterocycles. The smallest absolute Gasteiger partial charge is 0.319 e. The van der Waals surface area contributed by atoms with Gasteiger partial charge in [-0.3, -0.25) is 0 Å². The maximum absolute atomic E-state index is 11.9. The van der Waals surface area contributed by atoms with E-state index in [1.54, 1.807) is 0 Å². The molecular formula is C14H19N3O2. The van der Waals surface area contributed by atoms with Crippen LogP contribution in [-0.4, -0.2) is 31.8 Å². The summed E-state index contributed by atoms with van der Waals surface area (Å²) in [4.78, 5) is 11.9. The number of carbonyl (C=O) groups excluding carboxylic acids is 1. The van der Waals surface area contributed by atoms with E-state index in [1.807, 2.05) is 12.1 Å². The molecule has 1 saturated heterocycles. The van der Waals surface area contributed by atoms with Gasteiger partial charge in [0, 0.05) is 13.2 Å². The van der Waals surface area contributed by atoms with Crippen molar-refractivity contribution >= 4 is 17.4 Å². The summed E-state index contributed by atoms with van der Waals surface area (Å²) < 4.78 is 5.24. The van der Waals surface area contributed by atoms with Gasteiger partial charge in [-0.05, 0) is 30.9 Å². The number of hydrogen-bond acceptors (Lipinski definition) is 3. The first-order valence-electron chi connectivity index (χ1n) is 6.84. The molecule has 0 spiro atoms. The number of ether oxygens (including phenoxy) is 1. The SMILES string of the molecule is O=C(Nc1cccc2c1NCCC2)NC1CCOC1. The molecule has 3 N–H and O–H groups in total. The minimum atomic E-state index is -0.156. The van der Waals surface area contributed by atoms with Gasteiger partial charge in [-0.2, -0.15) is 0 Å². The minimum absolute atomic E-state index is 0.132. The summed E-state index contributed by atoms with van der Waals surface area (Å²) in [6.07, 6.45) is 3.09. The van der Waals surface area contributed by atoms with Crippen LogP contribution >= 0.6 is 0 Å². The third-order valence-corrected chi connectivity index (χ3v) is 3.59. The van der Waals surface area contributed by atoms with Crippen LogP contribution in [0.15, 0.2) is 18.2 Å². The highest BCUT2D eigenvalue weighted by Crippen LogP contribution is 2.29. The monoisotopic (exact) mass is 261 g/mol. The first-order chi connectivity index (χ1) is 9.33. The maximum Gasteiger partial charge on any atom is 0.319 e. The van der Waals surface area contributed by atoms with E-state index < -0.39 is 0 Å². The molecule has 1 aromatic carbocycles. The number of carbonyl (C=O) groups is 1. The van der Waals surface area contributed by atoms with Crippen LogP contribution in [0.1, 0.15) is 18.4 Å². The lowest BCUT2D eigenvalue weighted by Gasteiger charge is -2.22. The molecule has 1 aromatic rings. The van der Waals surface area contributed by atoms with Crippen LogP contribution in [0.2, 0.25) is 0 Å². The molecule has 2 amide bonds. The van der Waals surface area contributed by atoms with E-state index in [2.05, 4.69) is 22.0 Å². The molecule has 1 fully saturated rings. The van der Waals surface area contributed by atoms with Crippen molar-refractivity contribution in [1.82, 2.24) is 5.32 Å². The molecule has 5 nitrogen and oxygen atoms in total. The molecule has 0 aliphatic carbocycles. The van der Waals surface area contributed by atoms with Crippen molar-refractivity contribution in [2.24, 2.45) is 0 Å². The highest BCUT2D eigenvalue weighted by Gasteiger charge is 2.19. The normalized spacial score (nSPS) is 21.4. The van der Waals surface area contributed by atoms with E-state index in [0.717, 1.165) is 43.8 Å². The van der Waals surface area contributed by atoms with Gasteiger partial charge in [-0.1, -0.05) is 12.1 Å². The van der Waals surface area contributed by atoms with Crippen molar-refractivity contribution in [3.63, 3.8) is 0 Å². The third-order valence-electron chi connectivity index (χ3n) is 3.59. The van der Waals surface area contributed by atoms with Gasteiger partial charge in [0.25, 0.3) is 0 Å². The van der Waals surface area contributed by atoms with Crippen LogP contribution < -0.4 is 16.0 Å². The van der Waals surface area contributed by atoms with E-state index in [4.69, 9.17) is 4.74 Å². The number of rotatable bonds is 2. The molecule has 0 saturated carbocycles. The predicted molar refractivity (Wildman–Crippen MR) is 74.6 cm³/mol. The summed E-state index contributed by atoms with van der Waals surface area (Å²) in [5, 5.41) is 9.22. The Morgan fingerprint density at radius 1 is 1.42 bits per heavy atom. The molecule has 102 valence electrons. The lowest BCUT2D eigenvalue weighted by molar-refractivity contribution is 0.189. The molecule has 2 aliphatic heterocycles. The number of fused-ring (bicyclic) bond motifs is 1. The molecule has 1 unspecified atom stereocenters. The van der Waals surface area contributed by atoms with Gasteiger partial charge in [0.15, 0.2) is 0 Å². The average molecular weight is 261 g/mol. The van der Waals surface area contributed by atoms with Crippen LogP contribution in [-0.2, 0) is 11.2 Å². The fourth-order valence-electron chi connectivity index (χ4n) is 2.61. The van der Waals surface area contributed by atoms with Gasteiger partial charge in [-0.15, -0.1) is 0 Å². The topological polar surface area (TPSA) is 62.4 Å². The van der Waals surface area contributed by atoms with E-state index in [9.17, 15) is 4.79 Å². The highest BCUT2D eigenvalue weighted by molar-refractivity contribution is 5.94. The van der Waals surface area contributed by atoms with Gasteiger partial charge in [-0.25, -0.2) is 4.79 Å². The zero-order valence-corrected chi connectivity index (χ0v) is 10.9. The van der Waals surface area contributed by atoms with Crippen LogP contribution in [0.3, 0.4) is 0 Å². The van der Waals surface area contributed by atoms with E-state index in [1.165, 1.54) is 5.56 Å². The Balaban J connectivity index is 1.67. The first kappa shape index (κ1) is 12.3. The second-order valence-corrected chi connectivity index (χ2v) is 5.03. The second kappa shape index (κ2) is 5.48. The van der Waals surface area contributed by atoms with Gasteiger partial charge in [0.2, 0.25) is 0 Å². The van der Waals surface area contributed by atoms with Crippen molar-refractivity contribution in [3.8, 4) is 0 Å². The Morgan fingerprint density at radius 2 is 2.37 bits per heavy atom. The number of amides is 2. The van der Waals surface area contributed by atoms with Crippen LogP contribution in [0.4, 0.5) is 16.2 Å². The standard InChI is InChI=1S/C14H19N3O2/c18-14(16-11-6-8-19-9-11)17-12-5-1-3-10-4-2-7-15-13(10)12/h1,3,5,11,15H,2,4,6-9H2,(H2,16,17,18). The zero-order valence-electron chi connectivity index (χ0n) is 10.9. The summed E-state index contributed by atoms with van der Waals surface area (Å²) in [5.74, 6) is 0. The van der Waals surface area contributed by atoms with Gasteiger partial charge >= 0.3 is 6.03 Å². The fourth-order valence-corrected chi connectivity index (χ4v) is 2.61. The molecule has 3 rings (SSSR count). The van der Waals surface area contributed by atoms with Crippen molar-refractivity contribution in [3.05, 3.63) is 23.8 Å². The fraction of sp³-hybridized carbons (Fsp3) is 0.500. The van der Waals surface area contributed by atoms with Crippen molar-refractivity contribution in [1.29, 1.82) is 0 Å². The molecular weight excluding hydrogens is 242 g/mol. The highest BCUT2D eigenvalue weighted by atomic mass is 16.5. The Morgan fingerprint density at radius 3 is 3.21 bits per heavy atom. The van der Waals surface area contributed by atoms with E-state index in [-0.39, 0.29) is 12.1 Å². The number of anilines is 2.